The first kappa shape index (κ1) is 21.6. The van der Waals surface area contributed by atoms with Gasteiger partial charge in [-0.1, -0.05) is 13.0 Å². The minimum atomic E-state index is -0.520. The van der Waals surface area contributed by atoms with Gasteiger partial charge in [-0.2, -0.15) is 0 Å². The highest BCUT2D eigenvalue weighted by Gasteiger charge is 2.15. The summed E-state index contributed by atoms with van der Waals surface area (Å²) in [4.78, 5) is 34.4. The third-order valence-electron chi connectivity index (χ3n) is 3.73. The summed E-state index contributed by atoms with van der Waals surface area (Å²) in [5.74, 6) is -0.652. The number of nitro groups is 1. The van der Waals surface area contributed by atoms with Gasteiger partial charge in [0.1, 0.15) is 0 Å². The fourth-order valence-corrected chi connectivity index (χ4v) is 2.37. The van der Waals surface area contributed by atoms with Crippen molar-refractivity contribution in [2.75, 3.05) is 18.5 Å². The molecule has 0 spiro atoms. The summed E-state index contributed by atoms with van der Waals surface area (Å²) in [6.45, 7) is 4.30. The van der Waals surface area contributed by atoms with Gasteiger partial charge in [-0.05, 0) is 55.3 Å². The average Bonchev–Trinajstić information content (AvgIpc) is 2.71. The van der Waals surface area contributed by atoms with Crippen LogP contribution in [-0.4, -0.2) is 30.0 Å². The van der Waals surface area contributed by atoms with Gasteiger partial charge in [0.25, 0.3) is 0 Å². The van der Waals surface area contributed by atoms with Crippen LogP contribution in [0.25, 0.3) is 6.08 Å². The van der Waals surface area contributed by atoms with Gasteiger partial charge < -0.3 is 14.8 Å². The number of nitro benzene ring substituents is 1. The van der Waals surface area contributed by atoms with Gasteiger partial charge in [-0.25, -0.2) is 4.79 Å². The van der Waals surface area contributed by atoms with Crippen LogP contribution in [0.15, 0.2) is 48.5 Å². The van der Waals surface area contributed by atoms with E-state index in [0.717, 1.165) is 6.42 Å². The topological polar surface area (TPSA) is 108 Å². The molecule has 0 saturated carbocycles. The fourth-order valence-electron chi connectivity index (χ4n) is 2.37. The number of nitrogens with zero attached hydrogens (tertiary/aromatic N) is 1. The zero-order valence-electron chi connectivity index (χ0n) is 16.2. The predicted molar refractivity (Wildman–Crippen MR) is 109 cm³/mol. The molecule has 1 N–H and O–H groups in total. The van der Waals surface area contributed by atoms with Crippen LogP contribution in [0.5, 0.6) is 5.75 Å². The Hall–Kier alpha value is -3.68. The summed E-state index contributed by atoms with van der Waals surface area (Å²) in [6, 6.07) is 10.8. The first-order chi connectivity index (χ1) is 13.9. The first-order valence-electron chi connectivity index (χ1n) is 9.12. The molecule has 2 rings (SSSR count). The Kier molecular flexibility index (Phi) is 7.90. The van der Waals surface area contributed by atoms with E-state index in [1.807, 2.05) is 6.92 Å². The Bertz CT molecular complexity index is 906. The number of amides is 1. The molecule has 152 valence electrons. The van der Waals surface area contributed by atoms with Crippen LogP contribution in [0.3, 0.4) is 0 Å². The smallest absolute Gasteiger partial charge is 0.338 e. The van der Waals surface area contributed by atoms with Gasteiger partial charge in [0, 0.05) is 17.8 Å². The Morgan fingerprint density at radius 3 is 2.48 bits per heavy atom. The lowest BCUT2D eigenvalue weighted by Crippen LogP contribution is -2.09. The molecule has 0 saturated heterocycles. The van der Waals surface area contributed by atoms with E-state index >= 15 is 0 Å². The van der Waals surface area contributed by atoms with E-state index < -0.39 is 16.8 Å². The molecular weight excluding hydrogens is 376 g/mol. The zero-order chi connectivity index (χ0) is 21.2. The van der Waals surface area contributed by atoms with E-state index in [2.05, 4.69) is 5.32 Å². The minimum Gasteiger partial charge on any atom is -0.487 e. The molecule has 29 heavy (non-hydrogen) atoms. The predicted octanol–water partition coefficient (Wildman–Crippen LogP) is 4.21. The van der Waals surface area contributed by atoms with Crippen LogP contribution < -0.4 is 10.1 Å². The van der Waals surface area contributed by atoms with E-state index in [1.165, 1.54) is 24.3 Å². The number of carbonyl (C=O) groups excluding carboxylic acids is 2. The first-order valence-corrected chi connectivity index (χ1v) is 9.12. The minimum absolute atomic E-state index is 0.157. The molecule has 8 heteroatoms. The third kappa shape index (κ3) is 6.46. The molecule has 8 nitrogen and oxygen atoms in total. The van der Waals surface area contributed by atoms with Crippen molar-refractivity contribution in [3.8, 4) is 5.75 Å². The third-order valence-corrected chi connectivity index (χ3v) is 3.73. The Morgan fingerprint density at radius 1 is 1.14 bits per heavy atom. The molecule has 1 amide bonds. The van der Waals surface area contributed by atoms with Crippen molar-refractivity contribution >= 4 is 29.3 Å². The van der Waals surface area contributed by atoms with Crippen LogP contribution in [-0.2, 0) is 9.53 Å². The Labute approximate surface area is 168 Å². The average molecular weight is 398 g/mol. The number of hydrogen-bond donors (Lipinski definition) is 1. The van der Waals surface area contributed by atoms with Gasteiger partial charge in [-0.15, -0.1) is 0 Å². The fraction of sp³-hybridized carbons (Fsp3) is 0.238. The molecule has 0 aliphatic heterocycles. The number of nitrogens with one attached hydrogen (secondary N) is 1. The highest BCUT2D eigenvalue weighted by molar-refractivity contribution is 6.02. The highest BCUT2D eigenvalue weighted by atomic mass is 16.6. The number of anilines is 1. The van der Waals surface area contributed by atoms with Crippen molar-refractivity contribution in [2.24, 2.45) is 0 Å². The van der Waals surface area contributed by atoms with Crippen LogP contribution in [0, 0.1) is 10.1 Å². The molecule has 0 bridgehead atoms. The van der Waals surface area contributed by atoms with Gasteiger partial charge >= 0.3 is 11.7 Å². The molecule has 2 aromatic rings. The highest BCUT2D eigenvalue weighted by Crippen LogP contribution is 2.28. The summed E-state index contributed by atoms with van der Waals surface area (Å²) in [5, 5.41) is 13.9. The molecule has 2 aromatic carbocycles. The van der Waals surface area contributed by atoms with Crippen molar-refractivity contribution in [1.29, 1.82) is 0 Å². The maximum absolute atomic E-state index is 12.1. The second-order valence-electron chi connectivity index (χ2n) is 5.95. The number of carbonyl (C=O) groups is 2. The van der Waals surface area contributed by atoms with Crippen molar-refractivity contribution in [1.82, 2.24) is 0 Å². The van der Waals surface area contributed by atoms with Gasteiger partial charge in [0.2, 0.25) is 5.91 Å². The van der Waals surface area contributed by atoms with Crippen molar-refractivity contribution < 1.29 is 24.0 Å². The second kappa shape index (κ2) is 10.6. The summed E-state index contributed by atoms with van der Waals surface area (Å²) < 4.78 is 10.3. The lowest BCUT2D eigenvalue weighted by molar-refractivity contribution is -0.385. The van der Waals surface area contributed by atoms with Crippen LogP contribution in [0.2, 0.25) is 0 Å². The molecule has 0 heterocycles. The van der Waals surface area contributed by atoms with Crippen LogP contribution >= 0.6 is 0 Å². The molecule has 0 radical (unpaired) electrons. The van der Waals surface area contributed by atoms with E-state index in [0.29, 0.717) is 23.4 Å². The van der Waals surface area contributed by atoms with Crippen LogP contribution in [0.1, 0.15) is 36.2 Å². The lowest BCUT2D eigenvalue weighted by Gasteiger charge is -2.06. The summed E-state index contributed by atoms with van der Waals surface area (Å²) in [5.41, 5.74) is 1.23. The zero-order valence-corrected chi connectivity index (χ0v) is 16.2. The molecule has 0 unspecified atom stereocenters. The summed E-state index contributed by atoms with van der Waals surface area (Å²) >= 11 is 0. The molecule has 0 fully saturated rings. The summed E-state index contributed by atoms with van der Waals surface area (Å²) in [6.07, 6.45) is 3.48. The van der Waals surface area contributed by atoms with E-state index in [1.54, 1.807) is 37.3 Å². The normalized spacial score (nSPS) is 10.6. The standard InChI is InChI=1S/C21H22N2O6/c1-3-13-29-19-11-5-15(14-18(19)23(26)27)6-12-20(24)22-17-9-7-16(8-10-17)21(25)28-4-2/h5-12,14H,3-4,13H2,1-2H3,(H,22,24)/b12-6+. The van der Waals surface area contributed by atoms with Gasteiger partial charge in [-0.3, -0.25) is 14.9 Å². The Balaban J connectivity index is 2.04. The van der Waals surface area contributed by atoms with Gasteiger partial charge in [0.05, 0.1) is 23.7 Å². The molecule has 0 aliphatic rings. The molecule has 0 aliphatic carbocycles. The van der Waals surface area contributed by atoms with E-state index in [4.69, 9.17) is 9.47 Å². The lowest BCUT2D eigenvalue weighted by atomic mass is 10.1. The van der Waals surface area contributed by atoms with E-state index in [-0.39, 0.29) is 18.0 Å². The van der Waals surface area contributed by atoms with Crippen molar-refractivity contribution in [3.05, 3.63) is 69.8 Å². The monoisotopic (exact) mass is 398 g/mol. The number of benzene rings is 2. The maximum Gasteiger partial charge on any atom is 0.338 e. The Morgan fingerprint density at radius 2 is 1.86 bits per heavy atom. The molecule has 0 atom stereocenters. The number of ether oxygens (including phenoxy) is 2. The second-order valence-corrected chi connectivity index (χ2v) is 5.95. The molecule has 0 aromatic heterocycles. The molecular formula is C21H22N2O6. The quantitative estimate of drug-likeness (QED) is 0.293. The number of hydrogen-bond acceptors (Lipinski definition) is 6. The number of rotatable bonds is 9. The van der Waals surface area contributed by atoms with Crippen LogP contribution in [0.4, 0.5) is 11.4 Å². The number of esters is 1. The van der Waals surface area contributed by atoms with Crippen molar-refractivity contribution in [3.63, 3.8) is 0 Å². The van der Waals surface area contributed by atoms with E-state index in [9.17, 15) is 19.7 Å². The summed E-state index contributed by atoms with van der Waals surface area (Å²) in [7, 11) is 0. The van der Waals surface area contributed by atoms with Gasteiger partial charge in [0.15, 0.2) is 5.75 Å². The SMILES string of the molecule is CCCOc1ccc(/C=C/C(=O)Nc2ccc(C(=O)OCC)cc2)cc1[N+](=O)[O-]. The maximum atomic E-state index is 12.1. The largest absolute Gasteiger partial charge is 0.487 e. The van der Waals surface area contributed by atoms with Crippen molar-refractivity contribution in [2.45, 2.75) is 20.3 Å².